The summed E-state index contributed by atoms with van der Waals surface area (Å²) in [5.41, 5.74) is 0.197. The number of carboxylic acids is 1. The van der Waals surface area contributed by atoms with Crippen LogP contribution in [0.3, 0.4) is 0 Å². The summed E-state index contributed by atoms with van der Waals surface area (Å²) in [6.07, 6.45) is 0. The van der Waals surface area contributed by atoms with Gasteiger partial charge < -0.3 is 9.52 Å². The second-order valence-electron chi connectivity index (χ2n) is 4.00. The minimum atomic E-state index is -4.09. The van der Waals surface area contributed by atoms with Gasteiger partial charge in [0.1, 0.15) is 0 Å². The number of hydrogen-bond donors (Lipinski definition) is 2. The van der Waals surface area contributed by atoms with Crippen molar-refractivity contribution in [3.8, 4) is 0 Å². The number of furan rings is 1. The Morgan fingerprint density at radius 1 is 1.19 bits per heavy atom. The first-order chi connectivity index (χ1) is 9.79. The molecule has 0 bridgehead atoms. The van der Waals surface area contributed by atoms with Crippen LogP contribution in [0, 0.1) is 11.6 Å². The van der Waals surface area contributed by atoms with E-state index in [1.54, 1.807) is 0 Å². The van der Waals surface area contributed by atoms with E-state index in [2.05, 4.69) is 9.14 Å². The molecular weight excluding hydrogens is 308 g/mol. The lowest BCUT2D eigenvalue weighted by Gasteiger charge is -2.04. The van der Waals surface area contributed by atoms with Gasteiger partial charge in [0.15, 0.2) is 11.6 Å². The van der Waals surface area contributed by atoms with Crippen molar-refractivity contribution in [2.45, 2.75) is 11.6 Å². The molecule has 112 valence electrons. The van der Waals surface area contributed by atoms with Crippen molar-refractivity contribution in [3.05, 3.63) is 53.3 Å². The zero-order valence-electron chi connectivity index (χ0n) is 10.3. The van der Waals surface area contributed by atoms with Gasteiger partial charge in [-0.3, -0.25) is 0 Å². The van der Waals surface area contributed by atoms with Gasteiger partial charge in [-0.1, -0.05) is 6.07 Å². The Balaban J connectivity index is 2.13. The molecule has 9 heteroatoms. The van der Waals surface area contributed by atoms with Crippen molar-refractivity contribution in [2.75, 3.05) is 0 Å². The smallest absolute Gasteiger partial charge is 0.371 e. The summed E-state index contributed by atoms with van der Waals surface area (Å²) >= 11 is 0. The molecule has 0 amide bonds. The predicted molar refractivity (Wildman–Crippen MR) is 66.1 cm³/mol. The van der Waals surface area contributed by atoms with Crippen LogP contribution in [-0.2, 0) is 16.6 Å². The average molecular weight is 317 g/mol. The third kappa shape index (κ3) is 3.44. The van der Waals surface area contributed by atoms with Gasteiger partial charge in [-0.05, 0) is 29.8 Å². The highest BCUT2D eigenvalue weighted by Gasteiger charge is 2.20. The highest BCUT2D eigenvalue weighted by Crippen LogP contribution is 2.15. The van der Waals surface area contributed by atoms with Crippen LogP contribution >= 0.6 is 0 Å². The van der Waals surface area contributed by atoms with E-state index in [9.17, 15) is 22.0 Å². The molecule has 0 radical (unpaired) electrons. The first-order valence-corrected chi connectivity index (χ1v) is 7.04. The van der Waals surface area contributed by atoms with Crippen LogP contribution in [0.2, 0.25) is 0 Å². The summed E-state index contributed by atoms with van der Waals surface area (Å²) < 4.78 is 56.1. The van der Waals surface area contributed by atoms with E-state index in [1.165, 1.54) is 6.07 Å². The fourth-order valence-electron chi connectivity index (χ4n) is 1.48. The Kier molecular flexibility index (Phi) is 4.05. The molecule has 0 saturated carbocycles. The largest absolute Gasteiger partial charge is 0.475 e. The van der Waals surface area contributed by atoms with Gasteiger partial charge in [0, 0.05) is 6.54 Å². The van der Waals surface area contributed by atoms with Crippen LogP contribution in [0.15, 0.2) is 39.8 Å². The summed E-state index contributed by atoms with van der Waals surface area (Å²) in [5, 5.41) is 8.06. The minimum Gasteiger partial charge on any atom is -0.475 e. The number of carbonyl (C=O) groups is 1. The van der Waals surface area contributed by atoms with Gasteiger partial charge in [-0.25, -0.2) is 26.7 Å². The molecule has 0 atom stereocenters. The van der Waals surface area contributed by atoms with E-state index in [0.717, 1.165) is 24.3 Å². The Labute approximate surface area is 118 Å². The number of nitrogens with one attached hydrogen (secondary N) is 1. The number of aromatic carboxylic acids is 1. The highest BCUT2D eigenvalue weighted by molar-refractivity contribution is 7.89. The molecule has 2 rings (SSSR count). The third-order valence-corrected chi connectivity index (χ3v) is 3.78. The number of halogens is 2. The van der Waals surface area contributed by atoms with Gasteiger partial charge in [-0.2, -0.15) is 0 Å². The SMILES string of the molecule is O=C(O)c1ccc(S(=O)(=O)NCc2ccc(F)c(F)c2)o1. The molecule has 0 saturated heterocycles. The average Bonchev–Trinajstić information content (AvgIpc) is 2.91. The normalized spacial score (nSPS) is 11.5. The standard InChI is InChI=1S/C12H9F2NO5S/c13-8-2-1-7(5-9(8)14)6-15-21(18,19)11-4-3-10(20-11)12(16)17/h1-5,15H,6H2,(H,16,17). The van der Waals surface area contributed by atoms with Crippen LogP contribution in [-0.4, -0.2) is 19.5 Å². The number of carboxylic acid groups (broad SMARTS) is 1. The van der Waals surface area contributed by atoms with Gasteiger partial charge in [0.2, 0.25) is 10.9 Å². The van der Waals surface area contributed by atoms with E-state index >= 15 is 0 Å². The third-order valence-electron chi connectivity index (χ3n) is 2.51. The molecule has 0 aliphatic heterocycles. The van der Waals surface area contributed by atoms with Gasteiger partial charge in [0.05, 0.1) is 0 Å². The molecule has 1 aromatic heterocycles. The van der Waals surface area contributed by atoms with Gasteiger partial charge in [0.25, 0.3) is 10.0 Å². The van der Waals surface area contributed by atoms with Gasteiger partial charge >= 0.3 is 5.97 Å². The Morgan fingerprint density at radius 2 is 1.90 bits per heavy atom. The molecule has 0 aliphatic rings. The van der Waals surface area contributed by atoms with Crippen molar-refractivity contribution in [1.29, 1.82) is 0 Å². The van der Waals surface area contributed by atoms with E-state index in [0.29, 0.717) is 0 Å². The lowest BCUT2D eigenvalue weighted by atomic mass is 10.2. The molecule has 0 unspecified atom stereocenters. The Morgan fingerprint density at radius 3 is 2.48 bits per heavy atom. The van der Waals surface area contributed by atoms with Crippen molar-refractivity contribution in [1.82, 2.24) is 4.72 Å². The number of rotatable bonds is 5. The van der Waals surface area contributed by atoms with Crippen molar-refractivity contribution in [2.24, 2.45) is 0 Å². The summed E-state index contributed by atoms with van der Waals surface area (Å²) in [6, 6.07) is 4.91. The van der Waals surface area contributed by atoms with Crippen LogP contribution in [0.5, 0.6) is 0 Å². The maximum absolute atomic E-state index is 13.0. The fraction of sp³-hybridized carbons (Fsp3) is 0.0833. The lowest BCUT2D eigenvalue weighted by molar-refractivity contribution is 0.0656. The van der Waals surface area contributed by atoms with Crippen LogP contribution in [0.1, 0.15) is 16.1 Å². The number of benzene rings is 1. The zero-order valence-corrected chi connectivity index (χ0v) is 11.2. The number of sulfonamides is 1. The van der Waals surface area contributed by atoms with Crippen LogP contribution in [0.4, 0.5) is 8.78 Å². The predicted octanol–water partition coefficient (Wildman–Crippen LogP) is 1.73. The first kappa shape index (κ1) is 15.1. The fourth-order valence-corrected chi connectivity index (χ4v) is 2.42. The topological polar surface area (TPSA) is 96.6 Å². The van der Waals surface area contributed by atoms with Crippen LogP contribution < -0.4 is 4.72 Å². The highest BCUT2D eigenvalue weighted by atomic mass is 32.2. The van der Waals surface area contributed by atoms with E-state index in [1.807, 2.05) is 0 Å². The maximum atomic E-state index is 13.0. The molecular formula is C12H9F2NO5S. The summed E-state index contributed by atoms with van der Waals surface area (Å²) in [6.45, 7) is -0.303. The number of hydrogen-bond acceptors (Lipinski definition) is 4. The van der Waals surface area contributed by atoms with Gasteiger partial charge in [-0.15, -0.1) is 0 Å². The quantitative estimate of drug-likeness (QED) is 0.875. The zero-order chi connectivity index (χ0) is 15.6. The molecule has 2 N–H and O–H groups in total. The van der Waals surface area contributed by atoms with Crippen molar-refractivity contribution in [3.63, 3.8) is 0 Å². The Bertz CT molecular complexity index is 785. The lowest BCUT2D eigenvalue weighted by Crippen LogP contribution is -2.23. The molecule has 0 spiro atoms. The summed E-state index contributed by atoms with van der Waals surface area (Å²) in [7, 11) is -4.09. The molecule has 1 heterocycles. The second-order valence-corrected chi connectivity index (χ2v) is 5.69. The van der Waals surface area contributed by atoms with Crippen molar-refractivity contribution >= 4 is 16.0 Å². The minimum absolute atomic E-state index is 0.197. The molecule has 21 heavy (non-hydrogen) atoms. The summed E-state index contributed by atoms with van der Waals surface area (Å²) in [5.74, 6) is -4.07. The van der Waals surface area contributed by atoms with E-state index in [-0.39, 0.29) is 12.1 Å². The monoisotopic (exact) mass is 317 g/mol. The molecule has 0 aliphatic carbocycles. The molecule has 0 fully saturated rings. The molecule has 6 nitrogen and oxygen atoms in total. The van der Waals surface area contributed by atoms with E-state index < -0.39 is 38.5 Å². The molecule has 1 aromatic carbocycles. The summed E-state index contributed by atoms with van der Waals surface area (Å²) in [4.78, 5) is 10.6. The maximum Gasteiger partial charge on any atom is 0.371 e. The second kappa shape index (κ2) is 5.62. The van der Waals surface area contributed by atoms with Crippen LogP contribution in [0.25, 0.3) is 0 Å². The van der Waals surface area contributed by atoms with E-state index in [4.69, 9.17) is 5.11 Å². The first-order valence-electron chi connectivity index (χ1n) is 5.56. The molecule has 2 aromatic rings. The van der Waals surface area contributed by atoms with Crippen molar-refractivity contribution < 1.29 is 31.5 Å². The Hall–Kier alpha value is -2.26.